The van der Waals surface area contributed by atoms with E-state index in [1.165, 1.54) is 0 Å². The number of aromatic nitrogens is 6. The minimum absolute atomic E-state index is 0.451. The van der Waals surface area contributed by atoms with E-state index in [1.807, 2.05) is 122 Å². The summed E-state index contributed by atoms with van der Waals surface area (Å²) in [7, 11) is 0. The number of nitrogens with zero attached hydrogens (tertiary/aromatic N) is 8. The van der Waals surface area contributed by atoms with E-state index in [0.29, 0.717) is 16.8 Å². The number of hydrogen-bond donors (Lipinski definition) is 0. The van der Waals surface area contributed by atoms with E-state index in [9.17, 15) is 5.26 Å². The maximum absolute atomic E-state index is 10.3. The summed E-state index contributed by atoms with van der Waals surface area (Å²) in [5.41, 5.74) is 24.0. The topological polar surface area (TPSA) is 89.6 Å². The zero-order chi connectivity index (χ0) is 60.1. The predicted octanol–water partition coefficient (Wildman–Crippen LogP) is 20.9. The first kappa shape index (κ1) is 52.9. The minimum Gasteiger partial charge on any atom is -0.308 e. The van der Waals surface area contributed by atoms with E-state index in [-0.39, 0.29) is 0 Å². The Morgan fingerprint density at radius 2 is 0.600 bits per heavy atom. The maximum Gasteiger partial charge on any atom is 0.197 e. The van der Waals surface area contributed by atoms with E-state index < -0.39 is 0 Å². The second-order valence-corrected chi connectivity index (χ2v) is 22.4. The Morgan fingerprint density at radius 3 is 0.922 bits per heavy atom. The average Bonchev–Trinajstić information content (AvgIpc) is 1.57. The molecule has 0 unspecified atom stereocenters. The zero-order valence-electron chi connectivity index (χ0n) is 48.4. The van der Waals surface area contributed by atoms with Crippen LogP contribution in [0.4, 0.5) is 5.69 Å². The van der Waals surface area contributed by atoms with Gasteiger partial charge in [-0.2, -0.15) is 5.26 Å². The molecular formula is C82H50N8. The Kier molecular flexibility index (Phi) is 13.1. The van der Waals surface area contributed by atoms with E-state index in [1.54, 1.807) is 6.07 Å². The molecule has 0 spiro atoms. The van der Waals surface area contributed by atoms with Gasteiger partial charge in [0.05, 0.1) is 74.4 Å². The molecule has 0 radical (unpaired) electrons. The smallest absolute Gasteiger partial charge is 0.197 e. The third-order valence-electron chi connectivity index (χ3n) is 17.2. The largest absolute Gasteiger partial charge is 0.308 e. The summed E-state index contributed by atoms with van der Waals surface area (Å²) in [5, 5.41) is 14.5. The Balaban J connectivity index is 0.971. The lowest BCUT2D eigenvalue weighted by atomic mass is 9.99. The highest BCUT2D eigenvalue weighted by molar-refractivity contribution is 6.14. The molecule has 0 atom stereocenters. The first-order valence-electron chi connectivity index (χ1n) is 29.8. The molecular weight excluding hydrogens is 1100 g/mol. The Hall–Kier alpha value is -12.6. The lowest BCUT2D eigenvalue weighted by molar-refractivity contribution is 1.10. The van der Waals surface area contributed by atoms with Crippen LogP contribution in [0.1, 0.15) is 5.56 Å². The molecule has 0 N–H and O–H groups in total. The number of benzene rings is 10. The standard InChI is InChI=1S/C82H50N8/c1-84-76-51-82(90-79-31-27-60(64-35-39-87-74(48-64)56-20-10-4-11-21-56)44-70(79)71-45-61(28-32-80(71)90)65-36-40-88-75(49-65)57-22-12-5-13-23-57)81(50-67(76)66-24-14-15-53(41-66)52-83)89-77-29-25-58(62-33-37-85-72(46-62)54-16-6-2-7-17-54)42-68(77)69-43-59(26-30-78(69)89)63-34-38-86-73(47-63)55-18-8-3-9-19-55/h2-51H. The van der Waals surface area contributed by atoms with Crippen molar-refractivity contribution in [2.24, 2.45) is 0 Å². The molecule has 418 valence electrons. The van der Waals surface area contributed by atoms with Gasteiger partial charge in [0, 0.05) is 68.6 Å². The summed E-state index contributed by atoms with van der Waals surface area (Å²) >= 11 is 0. The van der Waals surface area contributed by atoms with E-state index in [2.05, 4.69) is 196 Å². The van der Waals surface area contributed by atoms with E-state index in [4.69, 9.17) is 26.5 Å². The van der Waals surface area contributed by atoms with Crippen molar-refractivity contribution in [1.82, 2.24) is 29.1 Å². The summed E-state index contributed by atoms with van der Waals surface area (Å²) < 4.78 is 4.71. The van der Waals surface area contributed by atoms with Gasteiger partial charge in [0.25, 0.3) is 0 Å². The molecule has 6 heterocycles. The van der Waals surface area contributed by atoms with Crippen molar-refractivity contribution in [3.8, 4) is 118 Å². The molecule has 0 fully saturated rings. The van der Waals surface area contributed by atoms with Crippen molar-refractivity contribution >= 4 is 49.3 Å². The van der Waals surface area contributed by atoms with Gasteiger partial charge in [0.1, 0.15) is 0 Å². The number of hydrogen-bond acceptors (Lipinski definition) is 5. The molecule has 0 saturated heterocycles. The van der Waals surface area contributed by atoms with Crippen molar-refractivity contribution in [1.29, 1.82) is 5.26 Å². The third kappa shape index (κ3) is 9.51. The highest BCUT2D eigenvalue weighted by Gasteiger charge is 2.25. The molecule has 0 aliphatic heterocycles. The molecule has 0 aliphatic rings. The normalized spacial score (nSPS) is 11.3. The van der Waals surface area contributed by atoms with Crippen LogP contribution in [0.25, 0.3) is 160 Å². The SMILES string of the molecule is [C-]#[N+]c1cc(-n2c3ccc(-c4ccnc(-c5ccccc5)c4)cc3c3cc(-c4ccnc(-c5ccccc5)c4)ccc32)c(-n2c3ccc(-c4ccnc(-c5ccccc5)c4)cc3c3cc(-c4ccnc(-c5ccccc5)c4)ccc32)cc1-c1cccc(C#N)c1. The van der Waals surface area contributed by atoms with Gasteiger partial charge in [0.2, 0.25) is 0 Å². The number of fused-ring (bicyclic) bond motifs is 6. The molecule has 8 heteroatoms. The van der Waals surface area contributed by atoms with Crippen LogP contribution >= 0.6 is 0 Å². The molecule has 6 aromatic heterocycles. The van der Waals surface area contributed by atoms with Gasteiger partial charge in [-0.05, 0) is 177 Å². The van der Waals surface area contributed by atoms with Crippen molar-refractivity contribution in [2.75, 3.05) is 0 Å². The second-order valence-electron chi connectivity index (χ2n) is 22.4. The van der Waals surface area contributed by atoms with Gasteiger partial charge in [-0.3, -0.25) is 19.9 Å². The third-order valence-corrected chi connectivity index (χ3v) is 17.2. The summed E-state index contributed by atoms with van der Waals surface area (Å²) in [6.45, 7) is 8.97. The summed E-state index contributed by atoms with van der Waals surface area (Å²) in [5.74, 6) is 0. The minimum atomic E-state index is 0.451. The van der Waals surface area contributed by atoms with Gasteiger partial charge >= 0.3 is 0 Å². The van der Waals surface area contributed by atoms with Crippen LogP contribution in [-0.2, 0) is 0 Å². The quantitative estimate of drug-likeness (QED) is 0.120. The highest BCUT2D eigenvalue weighted by Crippen LogP contribution is 2.46. The van der Waals surface area contributed by atoms with E-state index in [0.717, 1.165) is 150 Å². The molecule has 0 bridgehead atoms. The maximum atomic E-state index is 10.3. The molecule has 90 heavy (non-hydrogen) atoms. The van der Waals surface area contributed by atoms with Crippen molar-refractivity contribution in [3.05, 3.63) is 321 Å². The van der Waals surface area contributed by atoms with Crippen LogP contribution in [0.2, 0.25) is 0 Å². The zero-order valence-corrected chi connectivity index (χ0v) is 48.4. The molecule has 0 amide bonds. The molecule has 0 saturated carbocycles. The van der Waals surface area contributed by atoms with Crippen LogP contribution in [-0.4, -0.2) is 29.1 Å². The summed E-state index contributed by atoms with van der Waals surface area (Å²) in [4.78, 5) is 23.6. The van der Waals surface area contributed by atoms with Crippen LogP contribution in [0, 0.1) is 17.9 Å². The Morgan fingerprint density at radius 1 is 0.289 bits per heavy atom. The summed E-state index contributed by atoms with van der Waals surface area (Å²) in [6.07, 6.45) is 7.55. The molecule has 16 rings (SSSR count). The first-order chi connectivity index (χ1) is 44.5. The second kappa shape index (κ2) is 22.3. The van der Waals surface area contributed by atoms with Crippen LogP contribution in [0.3, 0.4) is 0 Å². The number of pyridine rings is 4. The van der Waals surface area contributed by atoms with Gasteiger partial charge < -0.3 is 9.13 Å². The lowest BCUT2D eigenvalue weighted by Gasteiger charge is -2.20. The Labute approximate surface area is 519 Å². The fraction of sp³-hybridized carbons (Fsp3) is 0. The Bertz CT molecular complexity index is 5280. The number of nitriles is 1. The van der Waals surface area contributed by atoms with E-state index >= 15 is 0 Å². The fourth-order valence-corrected chi connectivity index (χ4v) is 12.8. The van der Waals surface area contributed by atoms with Crippen molar-refractivity contribution in [3.63, 3.8) is 0 Å². The predicted molar refractivity (Wildman–Crippen MR) is 366 cm³/mol. The summed E-state index contributed by atoms with van der Waals surface area (Å²) in [6, 6.07) is 99.2. The lowest BCUT2D eigenvalue weighted by Crippen LogP contribution is -2.04. The average molecular weight is 1150 g/mol. The first-order valence-corrected chi connectivity index (χ1v) is 29.8. The van der Waals surface area contributed by atoms with Crippen LogP contribution in [0.5, 0.6) is 0 Å². The van der Waals surface area contributed by atoms with Crippen LogP contribution < -0.4 is 0 Å². The molecule has 10 aromatic carbocycles. The highest BCUT2D eigenvalue weighted by atomic mass is 15.1. The van der Waals surface area contributed by atoms with Gasteiger partial charge in [-0.15, -0.1) is 0 Å². The van der Waals surface area contributed by atoms with Crippen LogP contribution in [0.15, 0.2) is 304 Å². The van der Waals surface area contributed by atoms with Gasteiger partial charge in [-0.1, -0.05) is 158 Å². The van der Waals surface area contributed by atoms with Crippen molar-refractivity contribution < 1.29 is 0 Å². The van der Waals surface area contributed by atoms with Gasteiger partial charge in [0.15, 0.2) is 5.69 Å². The monoisotopic (exact) mass is 1150 g/mol. The molecule has 8 nitrogen and oxygen atoms in total. The molecule has 0 aliphatic carbocycles. The molecule has 16 aromatic rings. The van der Waals surface area contributed by atoms with Gasteiger partial charge in [-0.25, -0.2) is 4.85 Å². The number of rotatable bonds is 11. The van der Waals surface area contributed by atoms with Crippen molar-refractivity contribution in [2.45, 2.75) is 0 Å². The fourth-order valence-electron chi connectivity index (χ4n) is 12.8.